The Balaban J connectivity index is 2.17. The highest BCUT2D eigenvalue weighted by molar-refractivity contribution is 9.10. The third-order valence-corrected chi connectivity index (χ3v) is 3.06. The Morgan fingerprint density at radius 1 is 1.57 bits per heavy atom. The molecule has 1 aliphatic rings. The van der Waals surface area contributed by atoms with Crippen molar-refractivity contribution in [2.45, 2.75) is 18.9 Å². The molecular formula is C10H13BrN2O. The van der Waals surface area contributed by atoms with Gasteiger partial charge in [0.2, 0.25) is 0 Å². The van der Waals surface area contributed by atoms with Crippen molar-refractivity contribution in [1.29, 1.82) is 0 Å². The summed E-state index contributed by atoms with van der Waals surface area (Å²) in [5, 5.41) is 9.17. The van der Waals surface area contributed by atoms with E-state index in [4.69, 9.17) is 0 Å². The molecule has 1 atom stereocenters. The van der Waals surface area contributed by atoms with Crippen molar-refractivity contribution in [1.82, 2.24) is 4.98 Å². The maximum atomic E-state index is 9.17. The Bertz CT molecular complexity index is 301. The normalized spacial score (nSPS) is 21.6. The highest BCUT2D eigenvalue weighted by atomic mass is 79.9. The van der Waals surface area contributed by atoms with Crippen LogP contribution in [-0.2, 0) is 0 Å². The number of pyridine rings is 1. The number of nitrogens with zero attached hydrogens (tertiary/aromatic N) is 2. The predicted molar refractivity (Wildman–Crippen MR) is 59.4 cm³/mol. The van der Waals surface area contributed by atoms with Crippen LogP contribution in [0.3, 0.4) is 0 Å². The maximum Gasteiger partial charge on any atom is 0.128 e. The largest absolute Gasteiger partial charge is 0.394 e. The van der Waals surface area contributed by atoms with Gasteiger partial charge in [0.25, 0.3) is 0 Å². The third kappa shape index (κ3) is 1.91. The van der Waals surface area contributed by atoms with Crippen LogP contribution in [0.25, 0.3) is 0 Å². The van der Waals surface area contributed by atoms with Gasteiger partial charge in [0.1, 0.15) is 5.82 Å². The van der Waals surface area contributed by atoms with E-state index in [1.165, 1.54) is 0 Å². The minimum absolute atomic E-state index is 0.220. The summed E-state index contributed by atoms with van der Waals surface area (Å²) >= 11 is 3.36. The van der Waals surface area contributed by atoms with Crippen molar-refractivity contribution < 1.29 is 5.11 Å². The molecule has 14 heavy (non-hydrogen) atoms. The van der Waals surface area contributed by atoms with E-state index in [-0.39, 0.29) is 12.6 Å². The average Bonchev–Trinajstić information content (AvgIpc) is 2.67. The van der Waals surface area contributed by atoms with E-state index in [0.29, 0.717) is 0 Å². The van der Waals surface area contributed by atoms with Gasteiger partial charge in [0, 0.05) is 17.2 Å². The zero-order chi connectivity index (χ0) is 9.97. The summed E-state index contributed by atoms with van der Waals surface area (Å²) in [5.41, 5.74) is 0. The first-order valence-electron chi connectivity index (χ1n) is 4.80. The average molecular weight is 257 g/mol. The SMILES string of the molecule is OC[C@@H]1CCCN1c1ccc(Br)cn1. The molecule has 1 aliphatic heterocycles. The Labute approximate surface area is 91.9 Å². The van der Waals surface area contributed by atoms with Crippen LogP contribution < -0.4 is 4.90 Å². The van der Waals surface area contributed by atoms with E-state index in [2.05, 4.69) is 25.8 Å². The fraction of sp³-hybridized carbons (Fsp3) is 0.500. The molecule has 2 rings (SSSR count). The molecule has 0 amide bonds. The van der Waals surface area contributed by atoms with Crippen LogP contribution in [0.5, 0.6) is 0 Å². The lowest BCUT2D eigenvalue weighted by Gasteiger charge is -2.23. The molecular weight excluding hydrogens is 244 g/mol. The van der Waals surface area contributed by atoms with E-state index in [0.717, 1.165) is 29.7 Å². The van der Waals surface area contributed by atoms with Crippen LogP contribution >= 0.6 is 15.9 Å². The molecule has 1 N–H and O–H groups in total. The van der Waals surface area contributed by atoms with Gasteiger partial charge >= 0.3 is 0 Å². The molecule has 1 saturated heterocycles. The number of halogens is 1. The van der Waals surface area contributed by atoms with Gasteiger partial charge in [-0.05, 0) is 40.9 Å². The molecule has 0 spiro atoms. The third-order valence-electron chi connectivity index (χ3n) is 2.59. The van der Waals surface area contributed by atoms with Gasteiger partial charge < -0.3 is 10.0 Å². The first-order chi connectivity index (χ1) is 6.81. The van der Waals surface area contributed by atoms with Crippen LogP contribution in [0.15, 0.2) is 22.8 Å². The van der Waals surface area contributed by atoms with Gasteiger partial charge in [0.05, 0.1) is 12.6 Å². The van der Waals surface area contributed by atoms with Gasteiger partial charge in [-0.15, -0.1) is 0 Å². The van der Waals surface area contributed by atoms with E-state index in [1.54, 1.807) is 6.20 Å². The van der Waals surface area contributed by atoms with Crippen LogP contribution in [0.1, 0.15) is 12.8 Å². The summed E-state index contributed by atoms with van der Waals surface area (Å²) in [6, 6.07) is 4.22. The summed E-state index contributed by atoms with van der Waals surface area (Å²) in [5.74, 6) is 0.963. The number of anilines is 1. The van der Waals surface area contributed by atoms with Gasteiger partial charge in [0.15, 0.2) is 0 Å². The number of aromatic nitrogens is 1. The molecule has 0 aliphatic carbocycles. The Kier molecular flexibility index (Phi) is 3.03. The molecule has 0 bridgehead atoms. The second-order valence-corrected chi connectivity index (χ2v) is 4.42. The van der Waals surface area contributed by atoms with Gasteiger partial charge in [-0.3, -0.25) is 0 Å². The molecule has 0 aromatic carbocycles. The molecule has 1 aromatic rings. The van der Waals surface area contributed by atoms with Crippen LogP contribution in [0, 0.1) is 0 Å². The zero-order valence-electron chi connectivity index (χ0n) is 7.86. The highest BCUT2D eigenvalue weighted by Crippen LogP contribution is 2.24. The Hall–Kier alpha value is -0.610. The minimum atomic E-state index is 0.220. The first kappa shape index (κ1) is 9.93. The van der Waals surface area contributed by atoms with Gasteiger partial charge in [-0.25, -0.2) is 4.98 Å². The number of aliphatic hydroxyl groups is 1. The van der Waals surface area contributed by atoms with Crippen molar-refractivity contribution in [2.24, 2.45) is 0 Å². The lowest BCUT2D eigenvalue weighted by molar-refractivity contribution is 0.266. The minimum Gasteiger partial charge on any atom is -0.394 e. The Morgan fingerprint density at radius 2 is 2.43 bits per heavy atom. The molecule has 0 unspecified atom stereocenters. The summed E-state index contributed by atoms with van der Waals surface area (Å²) < 4.78 is 0.987. The molecule has 4 heteroatoms. The van der Waals surface area contributed by atoms with Crippen LogP contribution in [0.4, 0.5) is 5.82 Å². The molecule has 2 heterocycles. The standard InChI is InChI=1S/C10H13BrN2O/c11-8-3-4-10(12-6-8)13-5-1-2-9(13)7-14/h3-4,6,9,14H,1-2,5,7H2/t9-/m0/s1. The van der Waals surface area contributed by atoms with Crippen molar-refractivity contribution >= 4 is 21.7 Å². The van der Waals surface area contributed by atoms with E-state index >= 15 is 0 Å². The fourth-order valence-corrected chi connectivity index (χ4v) is 2.10. The molecule has 76 valence electrons. The summed E-state index contributed by atoms with van der Waals surface area (Å²) in [6.07, 6.45) is 4.00. The van der Waals surface area contributed by atoms with Crippen LogP contribution in [-0.4, -0.2) is 29.3 Å². The van der Waals surface area contributed by atoms with Crippen molar-refractivity contribution in [2.75, 3.05) is 18.1 Å². The van der Waals surface area contributed by atoms with Gasteiger partial charge in [-0.1, -0.05) is 0 Å². The number of hydrogen-bond donors (Lipinski definition) is 1. The molecule has 0 saturated carbocycles. The predicted octanol–water partition coefficient (Wildman–Crippen LogP) is 1.81. The lowest BCUT2D eigenvalue weighted by atomic mass is 10.2. The summed E-state index contributed by atoms with van der Waals surface area (Å²) in [4.78, 5) is 6.50. The lowest BCUT2D eigenvalue weighted by Crippen LogP contribution is -2.32. The molecule has 1 aromatic heterocycles. The highest BCUT2D eigenvalue weighted by Gasteiger charge is 2.24. The number of rotatable bonds is 2. The second kappa shape index (κ2) is 4.28. The maximum absolute atomic E-state index is 9.17. The summed E-state index contributed by atoms with van der Waals surface area (Å²) in [7, 11) is 0. The van der Waals surface area contributed by atoms with E-state index < -0.39 is 0 Å². The first-order valence-corrected chi connectivity index (χ1v) is 5.59. The zero-order valence-corrected chi connectivity index (χ0v) is 9.44. The number of aliphatic hydroxyl groups excluding tert-OH is 1. The Morgan fingerprint density at radius 3 is 3.07 bits per heavy atom. The monoisotopic (exact) mass is 256 g/mol. The summed E-state index contributed by atoms with van der Waals surface area (Å²) in [6.45, 7) is 1.22. The topological polar surface area (TPSA) is 36.4 Å². The fourth-order valence-electron chi connectivity index (χ4n) is 1.87. The second-order valence-electron chi connectivity index (χ2n) is 3.51. The molecule has 3 nitrogen and oxygen atoms in total. The van der Waals surface area contributed by atoms with Crippen molar-refractivity contribution in [3.63, 3.8) is 0 Å². The van der Waals surface area contributed by atoms with E-state index in [1.807, 2.05) is 12.1 Å². The van der Waals surface area contributed by atoms with Crippen molar-refractivity contribution in [3.05, 3.63) is 22.8 Å². The van der Waals surface area contributed by atoms with Gasteiger partial charge in [-0.2, -0.15) is 0 Å². The van der Waals surface area contributed by atoms with E-state index in [9.17, 15) is 5.11 Å². The molecule has 1 fully saturated rings. The molecule has 0 radical (unpaired) electrons. The quantitative estimate of drug-likeness (QED) is 0.877. The number of hydrogen-bond acceptors (Lipinski definition) is 3. The smallest absolute Gasteiger partial charge is 0.128 e. The van der Waals surface area contributed by atoms with Crippen LogP contribution in [0.2, 0.25) is 0 Å². The van der Waals surface area contributed by atoms with Crippen molar-refractivity contribution in [3.8, 4) is 0 Å².